The lowest BCUT2D eigenvalue weighted by atomic mass is 10.2. The van der Waals surface area contributed by atoms with Crippen molar-refractivity contribution in [1.82, 2.24) is 29.7 Å². The second kappa shape index (κ2) is 9.14. The predicted molar refractivity (Wildman–Crippen MR) is 111 cm³/mol. The van der Waals surface area contributed by atoms with Crippen LogP contribution in [0.5, 0.6) is 0 Å². The van der Waals surface area contributed by atoms with Crippen molar-refractivity contribution in [2.24, 2.45) is 0 Å². The number of hydrogen-bond donors (Lipinski definition) is 2. The number of halogens is 5. The van der Waals surface area contributed by atoms with Gasteiger partial charge in [-0.2, -0.15) is 18.2 Å². The molecule has 4 rings (SSSR count). The summed E-state index contributed by atoms with van der Waals surface area (Å²) in [7, 11) is 0. The van der Waals surface area contributed by atoms with Gasteiger partial charge in [0.1, 0.15) is 12.1 Å². The minimum absolute atomic E-state index is 0. The molecule has 0 atom stereocenters. The first-order valence-corrected chi connectivity index (χ1v) is 8.22. The number of hydrogen-bond acceptors (Lipinski definition) is 5. The third-order valence-corrected chi connectivity index (χ3v) is 3.93. The summed E-state index contributed by atoms with van der Waals surface area (Å²) in [5.41, 5.74) is 1.06. The number of aromatic nitrogens is 6. The van der Waals surface area contributed by atoms with Crippen LogP contribution in [0.3, 0.4) is 0 Å². The van der Waals surface area contributed by atoms with Crippen LogP contribution in [0.1, 0.15) is 11.3 Å². The van der Waals surface area contributed by atoms with Gasteiger partial charge >= 0.3 is 6.18 Å². The number of imidazole rings is 1. The number of rotatable bonds is 4. The maximum atomic E-state index is 12.8. The fraction of sp³-hybridized carbons (Fsp3) is 0.111. The summed E-state index contributed by atoms with van der Waals surface area (Å²) < 4.78 is 40.2. The standard InChI is InChI=1S/C18H14F3N7.2ClH/c1-11-9-28(10-23-11)15-6-5-12(8-22-15)16-25-17(27-26-16)24-14-4-2-3-13(7-14)18(19,20)21;;/h2-10H,1H3,(H2,24,25,26,27);2*1H. The average molecular weight is 458 g/mol. The fourth-order valence-corrected chi connectivity index (χ4v) is 2.57. The lowest BCUT2D eigenvalue weighted by Gasteiger charge is -2.08. The second-order valence-corrected chi connectivity index (χ2v) is 6.04. The number of H-pyrrole nitrogens is 1. The molecule has 0 unspecified atom stereocenters. The van der Waals surface area contributed by atoms with Crippen molar-refractivity contribution >= 4 is 36.4 Å². The summed E-state index contributed by atoms with van der Waals surface area (Å²) in [6.45, 7) is 1.89. The van der Waals surface area contributed by atoms with Gasteiger partial charge in [-0.05, 0) is 37.3 Å². The summed E-state index contributed by atoms with van der Waals surface area (Å²) in [6.07, 6.45) is 0.735. The molecule has 0 aliphatic rings. The zero-order chi connectivity index (χ0) is 19.7. The van der Waals surface area contributed by atoms with E-state index >= 15 is 0 Å². The maximum Gasteiger partial charge on any atom is 0.416 e. The van der Waals surface area contributed by atoms with Gasteiger partial charge in [-0.1, -0.05) is 6.07 Å². The highest BCUT2D eigenvalue weighted by atomic mass is 35.5. The SMILES string of the molecule is Cc1cn(-c2ccc(-c3nc(Nc4cccc(C(F)(F)F)c4)n[nH]3)cn2)cn1.Cl.Cl. The summed E-state index contributed by atoms with van der Waals surface area (Å²) in [6, 6.07) is 8.45. The summed E-state index contributed by atoms with van der Waals surface area (Å²) in [4.78, 5) is 12.8. The van der Waals surface area contributed by atoms with E-state index < -0.39 is 11.7 Å². The number of nitrogens with zero attached hydrogens (tertiary/aromatic N) is 5. The van der Waals surface area contributed by atoms with Gasteiger partial charge in [-0.25, -0.2) is 9.97 Å². The van der Waals surface area contributed by atoms with Gasteiger partial charge in [0.2, 0.25) is 5.95 Å². The third kappa shape index (κ3) is 5.08. The lowest BCUT2D eigenvalue weighted by molar-refractivity contribution is -0.137. The number of anilines is 2. The van der Waals surface area contributed by atoms with E-state index in [1.807, 2.05) is 19.2 Å². The Morgan fingerprint density at radius 2 is 1.87 bits per heavy atom. The largest absolute Gasteiger partial charge is 0.416 e. The number of nitrogens with one attached hydrogen (secondary N) is 2. The van der Waals surface area contributed by atoms with Gasteiger partial charge in [0.05, 0.1) is 11.3 Å². The van der Waals surface area contributed by atoms with Crippen molar-refractivity contribution in [1.29, 1.82) is 0 Å². The molecule has 0 aliphatic heterocycles. The van der Waals surface area contributed by atoms with E-state index in [2.05, 4.69) is 30.5 Å². The normalized spacial score (nSPS) is 10.8. The summed E-state index contributed by atoms with van der Waals surface area (Å²) in [5, 5.41) is 9.50. The van der Waals surface area contributed by atoms with Gasteiger partial charge < -0.3 is 5.32 Å². The van der Waals surface area contributed by atoms with Crippen molar-refractivity contribution in [2.75, 3.05) is 5.32 Å². The highest BCUT2D eigenvalue weighted by Crippen LogP contribution is 2.31. The molecule has 0 saturated carbocycles. The summed E-state index contributed by atoms with van der Waals surface area (Å²) in [5.74, 6) is 1.30. The molecule has 2 N–H and O–H groups in total. The van der Waals surface area contributed by atoms with E-state index in [0.29, 0.717) is 17.2 Å². The molecule has 0 bridgehead atoms. The molecule has 1 aromatic carbocycles. The van der Waals surface area contributed by atoms with E-state index in [0.717, 1.165) is 17.8 Å². The van der Waals surface area contributed by atoms with Crippen LogP contribution in [0.2, 0.25) is 0 Å². The number of aryl methyl sites for hydroxylation is 1. The Kier molecular flexibility index (Phi) is 7.06. The molecule has 0 amide bonds. The van der Waals surface area contributed by atoms with Crippen LogP contribution < -0.4 is 5.32 Å². The van der Waals surface area contributed by atoms with E-state index in [1.54, 1.807) is 23.2 Å². The Morgan fingerprint density at radius 1 is 1.07 bits per heavy atom. The van der Waals surface area contributed by atoms with Gasteiger partial charge in [0.25, 0.3) is 0 Å². The Balaban J connectivity index is 0.00000160. The van der Waals surface area contributed by atoms with E-state index in [4.69, 9.17) is 0 Å². The highest BCUT2D eigenvalue weighted by molar-refractivity contribution is 5.85. The Hall–Kier alpha value is -3.11. The van der Waals surface area contributed by atoms with Crippen molar-refractivity contribution in [3.8, 4) is 17.2 Å². The van der Waals surface area contributed by atoms with E-state index in [9.17, 15) is 13.2 Å². The number of aromatic amines is 1. The molecule has 7 nitrogen and oxygen atoms in total. The van der Waals surface area contributed by atoms with Gasteiger partial charge in [0, 0.05) is 23.6 Å². The van der Waals surface area contributed by atoms with Crippen LogP contribution in [0, 0.1) is 6.92 Å². The zero-order valence-electron chi connectivity index (χ0n) is 15.4. The second-order valence-electron chi connectivity index (χ2n) is 6.04. The average Bonchev–Trinajstić information content (AvgIpc) is 3.31. The molecular formula is C18H16Cl2F3N7. The molecule has 30 heavy (non-hydrogen) atoms. The van der Waals surface area contributed by atoms with Gasteiger partial charge in [-0.15, -0.1) is 29.9 Å². The molecule has 4 aromatic rings. The lowest BCUT2D eigenvalue weighted by Crippen LogP contribution is -2.05. The molecule has 0 fully saturated rings. The van der Waals surface area contributed by atoms with Crippen LogP contribution in [0.4, 0.5) is 24.8 Å². The van der Waals surface area contributed by atoms with Crippen LogP contribution in [0.25, 0.3) is 17.2 Å². The van der Waals surface area contributed by atoms with Crippen LogP contribution in [-0.4, -0.2) is 29.7 Å². The minimum Gasteiger partial charge on any atom is -0.323 e. The Morgan fingerprint density at radius 3 is 2.50 bits per heavy atom. The van der Waals surface area contributed by atoms with Crippen molar-refractivity contribution < 1.29 is 13.2 Å². The molecule has 3 aromatic heterocycles. The fourth-order valence-electron chi connectivity index (χ4n) is 2.57. The predicted octanol–water partition coefficient (Wildman–Crippen LogP) is 4.97. The third-order valence-electron chi connectivity index (χ3n) is 3.93. The molecular weight excluding hydrogens is 442 g/mol. The van der Waals surface area contributed by atoms with Crippen molar-refractivity contribution in [2.45, 2.75) is 13.1 Å². The molecule has 0 aliphatic carbocycles. The van der Waals surface area contributed by atoms with Crippen LogP contribution in [-0.2, 0) is 6.18 Å². The number of alkyl halides is 3. The molecule has 12 heteroatoms. The topological polar surface area (TPSA) is 84.3 Å². The van der Waals surface area contributed by atoms with Gasteiger partial charge in [-0.3, -0.25) is 9.67 Å². The van der Waals surface area contributed by atoms with Crippen LogP contribution >= 0.6 is 24.8 Å². The molecule has 0 saturated heterocycles. The zero-order valence-corrected chi connectivity index (χ0v) is 17.0. The Bertz CT molecular complexity index is 1110. The number of benzene rings is 1. The van der Waals surface area contributed by atoms with Gasteiger partial charge in [0.15, 0.2) is 5.82 Å². The molecule has 3 heterocycles. The Labute approximate surface area is 181 Å². The first-order chi connectivity index (χ1) is 13.4. The first-order valence-electron chi connectivity index (χ1n) is 8.22. The number of pyridine rings is 1. The molecule has 0 spiro atoms. The van der Waals surface area contributed by atoms with E-state index in [-0.39, 0.29) is 36.4 Å². The maximum absolute atomic E-state index is 12.8. The smallest absolute Gasteiger partial charge is 0.323 e. The quantitative estimate of drug-likeness (QED) is 0.452. The minimum atomic E-state index is -4.41. The van der Waals surface area contributed by atoms with Crippen molar-refractivity contribution in [3.63, 3.8) is 0 Å². The molecule has 158 valence electrons. The van der Waals surface area contributed by atoms with E-state index in [1.165, 1.54) is 12.1 Å². The highest BCUT2D eigenvalue weighted by Gasteiger charge is 2.30. The molecule has 0 radical (unpaired) electrons. The van der Waals surface area contributed by atoms with Crippen molar-refractivity contribution in [3.05, 3.63) is 66.4 Å². The summed E-state index contributed by atoms with van der Waals surface area (Å²) >= 11 is 0. The monoisotopic (exact) mass is 457 g/mol. The van der Waals surface area contributed by atoms with Crippen LogP contribution in [0.15, 0.2) is 55.1 Å². The first kappa shape index (κ1) is 23.2.